The second-order valence-electron chi connectivity index (χ2n) is 6.68. The molecule has 1 N–H and O–H groups in total. The van der Waals surface area contributed by atoms with E-state index in [1.165, 1.54) is 0 Å². The van der Waals surface area contributed by atoms with Gasteiger partial charge in [-0.2, -0.15) is 5.10 Å². The fraction of sp³-hybridized carbons (Fsp3) is 0.0400. The largest absolute Gasteiger partial charge is 0.488 e. The smallest absolute Gasteiger partial charge is 0.271 e. The van der Waals surface area contributed by atoms with Crippen LogP contribution in [-0.4, -0.2) is 12.1 Å². The number of carbonyl (C=O) groups excluding carboxylic acids is 1. The number of benzene rings is 4. The van der Waals surface area contributed by atoms with E-state index >= 15 is 0 Å². The van der Waals surface area contributed by atoms with E-state index in [4.69, 9.17) is 4.74 Å². The van der Waals surface area contributed by atoms with E-state index in [-0.39, 0.29) is 5.91 Å². The highest BCUT2D eigenvalue weighted by atomic mass is 79.9. The molecule has 0 fully saturated rings. The van der Waals surface area contributed by atoms with Crippen molar-refractivity contribution in [1.29, 1.82) is 0 Å². The Morgan fingerprint density at radius 2 is 1.73 bits per heavy atom. The van der Waals surface area contributed by atoms with Gasteiger partial charge in [-0.3, -0.25) is 4.79 Å². The van der Waals surface area contributed by atoms with Crippen molar-refractivity contribution in [2.45, 2.75) is 6.61 Å². The number of hydrazone groups is 1. The summed E-state index contributed by atoms with van der Waals surface area (Å²) in [6.07, 6.45) is 1.64. The normalized spacial score (nSPS) is 11.0. The summed E-state index contributed by atoms with van der Waals surface area (Å²) in [5.41, 5.74) is 5.01. The average molecular weight is 459 g/mol. The minimum atomic E-state index is -0.260. The van der Waals surface area contributed by atoms with Crippen molar-refractivity contribution in [2.75, 3.05) is 0 Å². The van der Waals surface area contributed by atoms with Crippen LogP contribution >= 0.6 is 15.9 Å². The molecule has 0 saturated carbocycles. The first-order valence-electron chi connectivity index (χ1n) is 9.48. The topological polar surface area (TPSA) is 50.7 Å². The Bertz CT molecular complexity index is 1210. The first-order chi connectivity index (χ1) is 14.7. The van der Waals surface area contributed by atoms with Gasteiger partial charge in [0.05, 0.1) is 6.21 Å². The molecule has 4 nitrogen and oxygen atoms in total. The highest BCUT2D eigenvalue weighted by Crippen LogP contribution is 2.27. The Morgan fingerprint density at radius 1 is 0.933 bits per heavy atom. The minimum Gasteiger partial charge on any atom is -0.488 e. The van der Waals surface area contributed by atoms with Crippen LogP contribution in [0.2, 0.25) is 0 Å². The summed E-state index contributed by atoms with van der Waals surface area (Å²) in [6, 6.07) is 28.9. The SMILES string of the molecule is O=C(N/N=C/c1c(OCc2cccc(Br)c2)ccc2ccccc12)c1ccccc1. The lowest BCUT2D eigenvalue weighted by molar-refractivity contribution is 0.0955. The summed E-state index contributed by atoms with van der Waals surface area (Å²) in [5.74, 6) is 0.440. The molecule has 4 aromatic rings. The molecule has 0 spiro atoms. The van der Waals surface area contributed by atoms with Crippen molar-refractivity contribution in [3.8, 4) is 5.75 Å². The van der Waals surface area contributed by atoms with Crippen LogP contribution in [0.15, 0.2) is 101 Å². The van der Waals surface area contributed by atoms with Gasteiger partial charge in [0.1, 0.15) is 12.4 Å². The van der Waals surface area contributed by atoms with E-state index in [1.54, 1.807) is 18.3 Å². The summed E-state index contributed by atoms with van der Waals surface area (Å²) in [4.78, 5) is 12.3. The quantitative estimate of drug-likeness (QED) is 0.286. The molecular formula is C25H19BrN2O2. The van der Waals surface area contributed by atoms with Crippen LogP contribution in [0.5, 0.6) is 5.75 Å². The van der Waals surface area contributed by atoms with E-state index < -0.39 is 0 Å². The molecule has 0 aromatic heterocycles. The first kappa shape index (κ1) is 19.9. The fourth-order valence-corrected chi connectivity index (χ4v) is 3.58. The van der Waals surface area contributed by atoms with Crippen molar-refractivity contribution in [3.63, 3.8) is 0 Å². The molecule has 0 atom stereocenters. The van der Waals surface area contributed by atoms with Gasteiger partial charge < -0.3 is 4.74 Å². The van der Waals surface area contributed by atoms with Gasteiger partial charge in [-0.1, -0.05) is 76.6 Å². The molecule has 5 heteroatoms. The predicted molar refractivity (Wildman–Crippen MR) is 124 cm³/mol. The van der Waals surface area contributed by atoms with Crippen LogP contribution in [0.4, 0.5) is 0 Å². The van der Waals surface area contributed by atoms with Gasteiger partial charge in [0, 0.05) is 15.6 Å². The number of amides is 1. The zero-order valence-corrected chi connectivity index (χ0v) is 17.7. The Labute approximate surface area is 183 Å². The molecular weight excluding hydrogens is 440 g/mol. The van der Waals surface area contributed by atoms with Gasteiger partial charge in [-0.05, 0) is 46.7 Å². The van der Waals surface area contributed by atoms with E-state index in [2.05, 4.69) is 26.5 Å². The number of nitrogens with zero attached hydrogens (tertiary/aromatic N) is 1. The summed E-state index contributed by atoms with van der Waals surface area (Å²) in [5, 5.41) is 6.26. The lowest BCUT2D eigenvalue weighted by Gasteiger charge is -2.12. The predicted octanol–water partition coefficient (Wildman–Crippen LogP) is 5.95. The second-order valence-corrected chi connectivity index (χ2v) is 7.60. The minimum absolute atomic E-state index is 0.260. The van der Waals surface area contributed by atoms with Crippen LogP contribution in [-0.2, 0) is 6.61 Å². The Balaban J connectivity index is 1.59. The number of hydrogen-bond acceptors (Lipinski definition) is 3. The number of rotatable bonds is 6. The zero-order valence-electron chi connectivity index (χ0n) is 16.1. The lowest BCUT2D eigenvalue weighted by atomic mass is 10.0. The van der Waals surface area contributed by atoms with Crippen molar-refractivity contribution in [2.24, 2.45) is 5.10 Å². The first-order valence-corrected chi connectivity index (χ1v) is 10.3. The van der Waals surface area contributed by atoms with Crippen molar-refractivity contribution >= 4 is 38.8 Å². The van der Waals surface area contributed by atoms with Gasteiger partial charge in [0.15, 0.2) is 0 Å². The maximum absolute atomic E-state index is 12.3. The number of carbonyl (C=O) groups is 1. The fourth-order valence-electron chi connectivity index (χ4n) is 3.13. The maximum Gasteiger partial charge on any atom is 0.271 e. The Kier molecular flexibility index (Phi) is 6.20. The van der Waals surface area contributed by atoms with Crippen LogP contribution in [0, 0.1) is 0 Å². The molecule has 4 aromatic carbocycles. The Hall–Kier alpha value is -3.44. The van der Waals surface area contributed by atoms with E-state index in [0.29, 0.717) is 17.9 Å². The van der Waals surface area contributed by atoms with Gasteiger partial charge in [0.2, 0.25) is 0 Å². The summed E-state index contributed by atoms with van der Waals surface area (Å²) in [7, 11) is 0. The molecule has 1 amide bonds. The Morgan fingerprint density at radius 3 is 2.57 bits per heavy atom. The molecule has 30 heavy (non-hydrogen) atoms. The third-order valence-electron chi connectivity index (χ3n) is 4.61. The second kappa shape index (κ2) is 9.37. The molecule has 0 bridgehead atoms. The van der Waals surface area contributed by atoms with Crippen molar-refractivity contribution in [1.82, 2.24) is 5.43 Å². The third-order valence-corrected chi connectivity index (χ3v) is 5.10. The van der Waals surface area contributed by atoms with Gasteiger partial charge >= 0.3 is 0 Å². The molecule has 148 valence electrons. The molecule has 4 rings (SSSR count). The molecule has 0 saturated heterocycles. The van der Waals surface area contributed by atoms with Gasteiger partial charge in [-0.15, -0.1) is 0 Å². The van der Waals surface area contributed by atoms with Crippen LogP contribution in [0.3, 0.4) is 0 Å². The standard InChI is InChI=1S/C25H19BrN2O2/c26-21-11-6-7-18(15-21)17-30-24-14-13-19-8-4-5-12-22(19)23(24)16-27-28-25(29)20-9-2-1-3-10-20/h1-16H,17H2,(H,28,29)/b27-16+. The van der Waals surface area contributed by atoms with Gasteiger partial charge in [0.25, 0.3) is 5.91 Å². The summed E-state index contributed by atoms with van der Waals surface area (Å²) < 4.78 is 7.11. The van der Waals surface area contributed by atoms with Crippen LogP contribution in [0.25, 0.3) is 10.8 Å². The van der Waals surface area contributed by atoms with Crippen molar-refractivity contribution in [3.05, 3.63) is 112 Å². The number of nitrogens with one attached hydrogen (secondary N) is 1. The highest BCUT2D eigenvalue weighted by molar-refractivity contribution is 9.10. The number of ether oxygens (including phenoxy) is 1. The van der Waals surface area contributed by atoms with Gasteiger partial charge in [-0.25, -0.2) is 5.43 Å². The molecule has 0 radical (unpaired) electrons. The zero-order chi connectivity index (χ0) is 20.8. The summed E-state index contributed by atoms with van der Waals surface area (Å²) in [6.45, 7) is 0.426. The highest BCUT2D eigenvalue weighted by Gasteiger charge is 2.09. The van der Waals surface area contributed by atoms with Crippen molar-refractivity contribution < 1.29 is 9.53 Å². The van der Waals surface area contributed by atoms with E-state index in [0.717, 1.165) is 26.4 Å². The van der Waals surface area contributed by atoms with Crippen LogP contribution in [0.1, 0.15) is 21.5 Å². The molecule has 0 aliphatic carbocycles. The van der Waals surface area contributed by atoms with E-state index in [1.807, 2.05) is 78.9 Å². The number of fused-ring (bicyclic) bond motifs is 1. The third kappa shape index (κ3) is 4.75. The van der Waals surface area contributed by atoms with Crippen LogP contribution < -0.4 is 10.2 Å². The average Bonchev–Trinajstić information content (AvgIpc) is 2.79. The molecule has 0 aliphatic rings. The lowest BCUT2D eigenvalue weighted by Crippen LogP contribution is -2.17. The molecule has 0 heterocycles. The molecule has 0 aliphatic heterocycles. The monoisotopic (exact) mass is 458 g/mol. The maximum atomic E-state index is 12.3. The number of halogens is 1. The summed E-state index contributed by atoms with van der Waals surface area (Å²) >= 11 is 3.49. The number of hydrogen-bond donors (Lipinski definition) is 1. The van der Waals surface area contributed by atoms with E-state index in [9.17, 15) is 4.79 Å². The molecule has 0 unspecified atom stereocenters.